The molecule has 2 rings (SSSR count). The molecule has 26 heavy (non-hydrogen) atoms. The summed E-state index contributed by atoms with van der Waals surface area (Å²) in [6, 6.07) is 7.39. The molecule has 0 bridgehead atoms. The van der Waals surface area contributed by atoms with Crippen LogP contribution in [0.25, 0.3) is 0 Å². The van der Waals surface area contributed by atoms with Crippen LogP contribution < -0.4 is 0 Å². The molecule has 1 aromatic carbocycles. The van der Waals surface area contributed by atoms with Crippen molar-refractivity contribution in [1.82, 2.24) is 0 Å². The van der Waals surface area contributed by atoms with Gasteiger partial charge in [0.25, 0.3) is 0 Å². The number of rotatable bonds is 1. The SMILES string of the molecule is CC(C)(C)c1cccc(O)c1.C[Si](C)(C)C1=[C-]CC=C1.C[Si]C.Cl.Cl.[Ti]. The second-order valence-corrected chi connectivity index (χ2v) is 13.8. The molecule has 0 saturated heterocycles. The fraction of sp³-hybridized carbons (Fsp3) is 0.500. The molecule has 0 atom stereocenters. The monoisotopic (exact) mass is 465 g/mol. The van der Waals surface area contributed by atoms with Gasteiger partial charge < -0.3 is 5.11 Å². The minimum atomic E-state index is -1.01. The predicted octanol–water partition coefficient (Wildman–Crippen LogP) is 6.87. The Morgan fingerprint density at radius 1 is 1.08 bits per heavy atom. The number of hydrogen-bond acceptors (Lipinski definition) is 1. The second kappa shape index (κ2) is 16.2. The summed E-state index contributed by atoms with van der Waals surface area (Å²) >= 11 is 0. The molecule has 0 heterocycles. The standard InChI is InChI=1S/C10H14O.C8H13Si.C2H6Si.2ClH.Ti/c1-10(2,3)8-5-4-6-9(11)7-8;1-9(2,3)8-6-4-5-7-8;1-3-2;;;/h4-7,11H,1-3H3;4,6H,5H2,1-3H3;1-2H3;2*1H;/q;-1;;;;. The van der Waals surface area contributed by atoms with Gasteiger partial charge >= 0.3 is 0 Å². The molecule has 1 aliphatic carbocycles. The fourth-order valence-corrected chi connectivity index (χ4v) is 3.14. The van der Waals surface area contributed by atoms with Crippen LogP contribution >= 0.6 is 24.8 Å². The van der Waals surface area contributed by atoms with Gasteiger partial charge in [0.1, 0.15) is 5.75 Å². The number of benzene rings is 1. The number of allylic oxidation sites excluding steroid dienone is 4. The molecule has 0 amide bonds. The topological polar surface area (TPSA) is 20.2 Å². The van der Waals surface area contributed by atoms with Gasteiger partial charge in [-0.3, -0.25) is 6.08 Å². The van der Waals surface area contributed by atoms with Crippen molar-refractivity contribution in [2.75, 3.05) is 0 Å². The first-order chi connectivity index (χ1) is 10.5. The van der Waals surface area contributed by atoms with E-state index in [0.29, 0.717) is 5.75 Å². The quantitative estimate of drug-likeness (QED) is 0.354. The van der Waals surface area contributed by atoms with Crippen molar-refractivity contribution in [2.24, 2.45) is 0 Å². The van der Waals surface area contributed by atoms with E-state index < -0.39 is 8.07 Å². The van der Waals surface area contributed by atoms with Crippen LogP contribution in [0.1, 0.15) is 32.8 Å². The summed E-state index contributed by atoms with van der Waals surface area (Å²) in [4.78, 5) is 0. The van der Waals surface area contributed by atoms with Crippen LogP contribution in [0.15, 0.2) is 41.6 Å². The summed E-state index contributed by atoms with van der Waals surface area (Å²) in [6.07, 6.45) is 8.82. The van der Waals surface area contributed by atoms with E-state index in [1.165, 1.54) is 5.20 Å². The molecule has 1 nitrogen and oxygen atoms in total. The molecule has 0 aliphatic heterocycles. The number of phenols is 1. The van der Waals surface area contributed by atoms with Gasteiger partial charge in [0, 0.05) is 39.3 Å². The molecule has 0 unspecified atom stereocenters. The zero-order valence-corrected chi connectivity index (χ0v) is 22.6. The van der Waals surface area contributed by atoms with Crippen LogP contribution in [-0.2, 0) is 27.1 Å². The summed E-state index contributed by atoms with van der Waals surface area (Å²) in [7, 11) is 0.0779. The Morgan fingerprint density at radius 3 is 1.81 bits per heavy atom. The Labute approximate surface area is 192 Å². The Kier molecular flexibility index (Phi) is 21.1. The van der Waals surface area contributed by atoms with Crippen molar-refractivity contribution >= 4 is 42.4 Å². The van der Waals surface area contributed by atoms with Gasteiger partial charge in [0.05, 0.1) is 0 Å². The third kappa shape index (κ3) is 15.3. The van der Waals surface area contributed by atoms with Crippen molar-refractivity contribution in [3.8, 4) is 5.75 Å². The molecular formula is C20H35Cl2OSi2Ti-. The van der Waals surface area contributed by atoms with E-state index in [4.69, 9.17) is 0 Å². The summed E-state index contributed by atoms with van der Waals surface area (Å²) in [5.41, 5.74) is 1.29. The Hall–Kier alpha value is 0.228. The van der Waals surface area contributed by atoms with Crippen LogP contribution in [-0.4, -0.2) is 22.7 Å². The Bertz CT molecular complexity index is 533. The summed E-state index contributed by atoms with van der Waals surface area (Å²) < 4.78 is 0. The molecule has 6 heteroatoms. The van der Waals surface area contributed by atoms with Crippen LogP contribution in [0.4, 0.5) is 0 Å². The molecule has 0 spiro atoms. The van der Waals surface area contributed by atoms with Crippen molar-refractivity contribution in [2.45, 2.75) is 65.3 Å². The van der Waals surface area contributed by atoms with E-state index in [1.54, 1.807) is 12.1 Å². The maximum Gasteiger partial charge on any atom is 0.115 e. The molecule has 1 N–H and O–H groups in total. The average Bonchev–Trinajstić information content (AvgIpc) is 2.93. The first-order valence-electron chi connectivity index (χ1n) is 8.18. The van der Waals surface area contributed by atoms with E-state index in [1.807, 2.05) is 12.1 Å². The Morgan fingerprint density at radius 2 is 1.58 bits per heavy atom. The molecular weight excluding hydrogens is 431 g/mol. The number of hydrogen-bond donors (Lipinski definition) is 1. The first kappa shape index (κ1) is 33.8. The van der Waals surface area contributed by atoms with E-state index in [-0.39, 0.29) is 51.9 Å². The van der Waals surface area contributed by atoms with Crippen LogP contribution in [0, 0.1) is 6.08 Å². The van der Waals surface area contributed by atoms with E-state index in [0.717, 1.165) is 21.5 Å². The van der Waals surface area contributed by atoms with Crippen molar-refractivity contribution in [3.63, 3.8) is 0 Å². The molecule has 1 aliphatic rings. The average molecular weight is 466 g/mol. The maximum absolute atomic E-state index is 9.18. The number of phenolic OH excluding ortho intramolecular Hbond substituents is 1. The van der Waals surface area contributed by atoms with Crippen molar-refractivity contribution in [3.05, 3.63) is 53.3 Å². The van der Waals surface area contributed by atoms with Gasteiger partial charge in [-0.1, -0.05) is 65.6 Å². The van der Waals surface area contributed by atoms with Gasteiger partial charge in [-0.05, 0) is 23.1 Å². The van der Waals surface area contributed by atoms with E-state index >= 15 is 0 Å². The molecule has 148 valence electrons. The van der Waals surface area contributed by atoms with Gasteiger partial charge in [0.15, 0.2) is 0 Å². The normalized spacial score (nSPS) is 11.9. The molecule has 0 aromatic heterocycles. The minimum absolute atomic E-state index is 0. The smallest absolute Gasteiger partial charge is 0.115 e. The zero-order chi connectivity index (χ0) is 18.1. The number of aromatic hydroxyl groups is 1. The van der Waals surface area contributed by atoms with Gasteiger partial charge in [-0.2, -0.15) is 6.08 Å². The van der Waals surface area contributed by atoms with Crippen LogP contribution in [0.2, 0.25) is 32.7 Å². The second-order valence-electron chi connectivity index (χ2n) is 7.75. The minimum Gasteiger partial charge on any atom is -0.508 e. The third-order valence-corrected chi connectivity index (χ3v) is 5.17. The summed E-state index contributed by atoms with van der Waals surface area (Å²) in [5, 5.41) is 10.7. The maximum atomic E-state index is 9.18. The van der Waals surface area contributed by atoms with Gasteiger partial charge in [-0.25, -0.2) is 11.3 Å². The van der Waals surface area contributed by atoms with Crippen LogP contribution in [0.3, 0.4) is 0 Å². The zero-order valence-electron chi connectivity index (χ0n) is 17.4. The van der Waals surface area contributed by atoms with Crippen molar-refractivity contribution < 1.29 is 26.8 Å². The first-order valence-corrected chi connectivity index (χ1v) is 13.7. The van der Waals surface area contributed by atoms with Crippen molar-refractivity contribution in [1.29, 1.82) is 0 Å². The van der Waals surface area contributed by atoms with E-state index in [2.05, 4.69) is 71.7 Å². The predicted molar refractivity (Wildman–Crippen MR) is 123 cm³/mol. The molecule has 0 saturated carbocycles. The summed E-state index contributed by atoms with van der Waals surface area (Å²) in [5.74, 6) is 0.345. The fourth-order valence-electron chi connectivity index (χ4n) is 1.89. The van der Waals surface area contributed by atoms with Gasteiger partial charge in [-0.15, -0.1) is 31.2 Å². The van der Waals surface area contributed by atoms with Gasteiger partial charge in [0.2, 0.25) is 0 Å². The molecule has 0 fully saturated rings. The Balaban J connectivity index is -0.000000148. The number of halogens is 2. The summed E-state index contributed by atoms with van der Waals surface area (Å²) in [6.45, 7) is 17.7. The van der Waals surface area contributed by atoms with E-state index in [9.17, 15) is 5.11 Å². The van der Waals surface area contributed by atoms with Crippen LogP contribution in [0.5, 0.6) is 5.75 Å². The largest absolute Gasteiger partial charge is 0.508 e. The molecule has 2 radical (unpaired) electrons. The third-order valence-electron chi connectivity index (χ3n) is 3.22. The molecule has 1 aromatic rings.